The van der Waals surface area contributed by atoms with Crippen molar-refractivity contribution in [3.8, 4) is 23.0 Å². The Morgan fingerprint density at radius 1 is 1.20 bits per heavy atom. The molecule has 3 aromatic carbocycles. The van der Waals surface area contributed by atoms with Crippen LogP contribution in [0.25, 0.3) is 22.6 Å². The highest BCUT2D eigenvalue weighted by Crippen LogP contribution is 2.35. The van der Waals surface area contributed by atoms with Gasteiger partial charge in [0.05, 0.1) is 27.9 Å². The van der Waals surface area contributed by atoms with Gasteiger partial charge in [-0.3, -0.25) is 4.79 Å². The van der Waals surface area contributed by atoms with Crippen LogP contribution in [0.1, 0.15) is 11.1 Å². The van der Waals surface area contributed by atoms with E-state index < -0.39 is 5.91 Å². The minimum atomic E-state index is -0.392. The molecule has 0 saturated heterocycles. The number of fused-ring (bicyclic) bond motifs is 1. The molecular weight excluding hydrogens is 672 g/mol. The first kappa shape index (κ1) is 27.7. The highest BCUT2D eigenvalue weighted by Gasteiger charge is 2.20. The number of methoxy groups -OCH3 is 1. The first-order valence-electron chi connectivity index (χ1n) is 11.6. The van der Waals surface area contributed by atoms with Crippen molar-refractivity contribution in [2.24, 2.45) is 5.10 Å². The molecule has 1 amide bonds. The summed E-state index contributed by atoms with van der Waals surface area (Å²) in [6.07, 6.45) is 1.51. The zero-order chi connectivity index (χ0) is 28.2. The highest BCUT2D eigenvalue weighted by atomic mass is 127. The molecule has 204 valence electrons. The average molecular weight is 692 g/mol. The zero-order valence-electron chi connectivity index (χ0n) is 20.8. The summed E-state index contributed by atoms with van der Waals surface area (Å²) in [5.74, 6) is 1.09. The van der Waals surface area contributed by atoms with Gasteiger partial charge in [0.2, 0.25) is 0 Å². The zero-order valence-corrected chi connectivity index (χ0v) is 24.4. The number of nitrogen functional groups attached to an aromatic ring is 1. The molecule has 40 heavy (non-hydrogen) atoms. The second-order valence-electron chi connectivity index (χ2n) is 8.36. The number of carbonyl (C=O) groups is 1. The van der Waals surface area contributed by atoms with E-state index in [1.807, 2.05) is 30.3 Å². The van der Waals surface area contributed by atoms with Gasteiger partial charge in [0.15, 0.2) is 28.8 Å². The number of aromatic nitrogens is 4. The summed E-state index contributed by atoms with van der Waals surface area (Å²) < 4.78 is 18.7. The van der Waals surface area contributed by atoms with E-state index in [4.69, 9.17) is 43.0 Å². The quantitative estimate of drug-likeness (QED) is 0.120. The number of hydrogen-bond acceptors (Lipinski definition) is 9. The van der Waals surface area contributed by atoms with Crippen molar-refractivity contribution in [2.75, 3.05) is 12.8 Å². The number of ether oxygens (including phenoxy) is 2. The Hall–Kier alpha value is -3.88. The normalized spacial score (nSPS) is 11.3. The van der Waals surface area contributed by atoms with Crippen LogP contribution < -0.4 is 20.6 Å². The molecule has 0 spiro atoms. The number of nitrogens with two attached hydrogens (primary N) is 1. The van der Waals surface area contributed by atoms with Gasteiger partial charge in [0.1, 0.15) is 13.2 Å². The molecule has 0 bridgehead atoms. The van der Waals surface area contributed by atoms with Crippen LogP contribution in [0, 0.1) is 3.57 Å². The maximum Gasteiger partial charge on any atom is 0.260 e. The van der Waals surface area contributed by atoms with Crippen LogP contribution in [-0.4, -0.2) is 39.1 Å². The first-order valence-corrected chi connectivity index (χ1v) is 13.5. The topological polar surface area (TPSA) is 143 Å². The second kappa shape index (κ2) is 12.1. The standard InChI is InChI=1S/C26H20Cl2IN7O4/c1-38-21-9-14(8-18(29)24(21)39-13-15-6-7-16(27)10-17(15)28)11-31-33-22(37)12-36-20-5-3-2-4-19(20)32-26(36)23-25(30)35-40-34-23/h2-11H,12-13H2,1H3,(H2,30,35)(H,33,37)/b31-11+. The van der Waals surface area contributed by atoms with Crippen molar-refractivity contribution >= 4 is 74.8 Å². The Morgan fingerprint density at radius 2 is 2.02 bits per heavy atom. The van der Waals surface area contributed by atoms with E-state index in [0.29, 0.717) is 44.0 Å². The number of nitrogens with zero attached hydrogens (tertiary/aromatic N) is 5. The number of benzene rings is 3. The fraction of sp³-hybridized carbons (Fsp3) is 0.115. The Morgan fingerprint density at radius 3 is 2.77 bits per heavy atom. The fourth-order valence-corrected chi connectivity index (χ4v) is 5.11. The third kappa shape index (κ3) is 5.98. The molecule has 0 fully saturated rings. The van der Waals surface area contributed by atoms with Crippen molar-refractivity contribution < 1.29 is 18.9 Å². The number of halogens is 3. The number of nitrogens with one attached hydrogen (secondary N) is 1. The lowest BCUT2D eigenvalue weighted by molar-refractivity contribution is -0.121. The third-order valence-electron chi connectivity index (χ3n) is 5.72. The maximum atomic E-state index is 12.8. The van der Waals surface area contributed by atoms with Crippen LogP contribution >= 0.6 is 45.8 Å². The largest absolute Gasteiger partial charge is 0.493 e. The summed E-state index contributed by atoms with van der Waals surface area (Å²) in [5.41, 5.74) is 11.5. The molecule has 0 aliphatic heterocycles. The lowest BCUT2D eigenvalue weighted by Gasteiger charge is -2.14. The predicted octanol–water partition coefficient (Wildman–Crippen LogP) is 5.32. The van der Waals surface area contributed by atoms with Gasteiger partial charge >= 0.3 is 0 Å². The molecule has 0 aliphatic rings. The first-order chi connectivity index (χ1) is 19.3. The molecule has 5 aromatic rings. The van der Waals surface area contributed by atoms with Crippen LogP contribution in [0.15, 0.2) is 64.3 Å². The molecular formula is C26H20Cl2IN7O4. The molecule has 11 nitrogen and oxygen atoms in total. The van der Waals surface area contributed by atoms with E-state index in [1.165, 1.54) is 6.21 Å². The molecule has 3 N–H and O–H groups in total. The predicted molar refractivity (Wildman–Crippen MR) is 160 cm³/mol. The van der Waals surface area contributed by atoms with Gasteiger partial charge in [0, 0.05) is 15.6 Å². The van der Waals surface area contributed by atoms with E-state index in [0.717, 1.165) is 9.13 Å². The molecule has 14 heteroatoms. The summed E-state index contributed by atoms with van der Waals surface area (Å²) in [6, 6.07) is 16.2. The number of anilines is 1. The number of carbonyl (C=O) groups excluding carboxylic acids is 1. The van der Waals surface area contributed by atoms with Gasteiger partial charge < -0.3 is 19.8 Å². The fourth-order valence-electron chi connectivity index (χ4n) is 3.87. The second-order valence-corrected chi connectivity index (χ2v) is 10.4. The number of imidazole rings is 1. The van der Waals surface area contributed by atoms with Crippen molar-refractivity contribution in [3.63, 3.8) is 0 Å². The summed E-state index contributed by atoms with van der Waals surface area (Å²) in [6.45, 7) is 0.132. The lowest BCUT2D eigenvalue weighted by Crippen LogP contribution is -2.23. The van der Waals surface area contributed by atoms with Crippen molar-refractivity contribution in [3.05, 3.63) is 79.3 Å². The Bertz CT molecular complexity index is 1740. The van der Waals surface area contributed by atoms with E-state index in [-0.39, 0.29) is 24.7 Å². The van der Waals surface area contributed by atoms with Gasteiger partial charge in [-0.05, 0) is 74.9 Å². The minimum Gasteiger partial charge on any atom is -0.493 e. The average Bonchev–Trinajstić information content (AvgIpc) is 3.51. The van der Waals surface area contributed by atoms with E-state index in [1.54, 1.807) is 35.9 Å². The molecule has 0 atom stereocenters. The smallest absolute Gasteiger partial charge is 0.260 e. The molecule has 2 heterocycles. The van der Waals surface area contributed by atoms with Gasteiger partial charge in [-0.2, -0.15) is 5.10 Å². The number of rotatable bonds is 9. The summed E-state index contributed by atoms with van der Waals surface area (Å²) in [7, 11) is 1.54. The van der Waals surface area contributed by atoms with Crippen LogP contribution in [0.5, 0.6) is 11.5 Å². The Labute approximate surface area is 251 Å². The van der Waals surface area contributed by atoms with Crippen molar-refractivity contribution in [2.45, 2.75) is 13.2 Å². The monoisotopic (exact) mass is 691 g/mol. The third-order valence-corrected chi connectivity index (χ3v) is 7.11. The van der Waals surface area contributed by atoms with E-state index in [9.17, 15) is 4.79 Å². The van der Waals surface area contributed by atoms with Crippen LogP contribution in [0.4, 0.5) is 5.82 Å². The molecule has 0 unspecified atom stereocenters. The van der Waals surface area contributed by atoms with E-state index >= 15 is 0 Å². The highest BCUT2D eigenvalue weighted by molar-refractivity contribution is 14.1. The number of amides is 1. The molecule has 0 aliphatic carbocycles. The van der Waals surface area contributed by atoms with Gasteiger partial charge in [-0.1, -0.05) is 41.4 Å². The van der Waals surface area contributed by atoms with Crippen LogP contribution in [-0.2, 0) is 17.9 Å². The summed E-state index contributed by atoms with van der Waals surface area (Å²) in [5, 5.41) is 12.6. The molecule has 0 radical (unpaired) electrons. The Kier molecular flexibility index (Phi) is 8.38. The summed E-state index contributed by atoms with van der Waals surface area (Å²) >= 11 is 14.4. The van der Waals surface area contributed by atoms with E-state index in [2.05, 4.69) is 48.4 Å². The molecule has 2 aromatic heterocycles. The van der Waals surface area contributed by atoms with Crippen LogP contribution in [0.2, 0.25) is 10.0 Å². The number of hydrogen-bond donors (Lipinski definition) is 2. The maximum absolute atomic E-state index is 12.8. The van der Waals surface area contributed by atoms with Crippen LogP contribution in [0.3, 0.4) is 0 Å². The van der Waals surface area contributed by atoms with Gasteiger partial charge in [-0.15, -0.1) is 0 Å². The number of para-hydroxylation sites is 2. The SMILES string of the molecule is COc1cc(/C=N/NC(=O)Cn2c(-c3nonc3N)nc3ccccc32)cc(I)c1OCc1ccc(Cl)cc1Cl. The van der Waals surface area contributed by atoms with Crippen molar-refractivity contribution in [1.82, 2.24) is 25.3 Å². The lowest BCUT2D eigenvalue weighted by atomic mass is 10.2. The summed E-state index contributed by atoms with van der Waals surface area (Å²) in [4.78, 5) is 17.4. The molecule has 0 saturated carbocycles. The van der Waals surface area contributed by atoms with Gasteiger partial charge in [0.25, 0.3) is 5.91 Å². The Balaban J connectivity index is 1.29. The van der Waals surface area contributed by atoms with Gasteiger partial charge in [-0.25, -0.2) is 15.0 Å². The minimum absolute atomic E-state index is 0.0715. The van der Waals surface area contributed by atoms with Crippen molar-refractivity contribution in [1.29, 1.82) is 0 Å². The molecule has 5 rings (SSSR count). The number of hydrazone groups is 1.